The Morgan fingerprint density at radius 1 is 1.04 bits per heavy atom. The molecule has 0 aliphatic carbocycles. The van der Waals surface area contributed by atoms with Crippen LogP contribution in [0.1, 0.15) is 48.4 Å². The molecule has 0 aromatic heterocycles. The van der Waals surface area contributed by atoms with Crippen molar-refractivity contribution >= 4 is 11.9 Å². The number of likely N-dealkylation sites (tertiary alicyclic amines) is 2. The number of benzene rings is 1. The van der Waals surface area contributed by atoms with Gasteiger partial charge in [-0.2, -0.15) is 0 Å². The van der Waals surface area contributed by atoms with Gasteiger partial charge in [-0.3, -0.25) is 14.5 Å². The van der Waals surface area contributed by atoms with Crippen molar-refractivity contribution in [1.29, 1.82) is 0 Å². The largest absolute Gasteiger partial charge is 0.480 e. The van der Waals surface area contributed by atoms with E-state index in [9.17, 15) is 14.7 Å². The van der Waals surface area contributed by atoms with Crippen molar-refractivity contribution in [2.75, 3.05) is 26.2 Å². The van der Waals surface area contributed by atoms with Crippen LogP contribution in [0.25, 0.3) is 0 Å². The number of carboxylic acids is 1. The Kier molecular flexibility index (Phi) is 5.42. The summed E-state index contributed by atoms with van der Waals surface area (Å²) in [6.07, 6.45) is 3.73. The maximum atomic E-state index is 12.6. The smallest absolute Gasteiger partial charge is 0.325 e. The molecule has 2 aliphatic heterocycles. The SMILES string of the molecule is Cc1ccc([C@@H](C(=O)O)N2CCC(C(=O)N3CCCC3)CC2)cc1C. The molecule has 2 heterocycles. The number of amides is 1. The van der Waals surface area contributed by atoms with E-state index in [0.717, 1.165) is 49.9 Å². The van der Waals surface area contributed by atoms with E-state index in [1.54, 1.807) is 0 Å². The molecule has 1 aromatic rings. The summed E-state index contributed by atoms with van der Waals surface area (Å²) in [6, 6.07) is 5.27. The molecule has 1 amide bonds. The summed E-state index contributed by atoms with van der Waals surface area (Å²) in [5, 5.41) is 9.77. The third-order valence-electron chi connectivity index (χ3n) is 5.74. The van der Waals surface area contributed by atoms with Gasteiger partial charge in [0.15, 0.2) is 0 Å². The van der Waals surface area contributed by atoms with Crippen molar-refractivity contribution in [3.05, 3.63) is 34.9 Å². The van der Waals surface area contributed by atoms with Crippen LogP contribution in [0.4, 0.5) is 0 Å². The van der Waals surface area contributed by atoms with Gasteiger partial charge in [0.25, 0.3) is 0 Å². The lowest BCUT2D eigenvalue weighted by Gasteiger charge is -2.36. The molecule has 0 spiro atoms. The van der Waals surface area contributed by atoms with Gasteiger partial charge in [-0.15, -0.1) is 0 Å². The van der Waals surface area contributed by atoms with E-state index in [0.29, 0.717) is 13.1 Å². The fourth-order valence-electron chi connectivity index (χ4n) is 4.04. The van der Waals surface area contributed by atoms with Crippen molar-refractivity contribution in [1.82, 2.24) is 9.80 Å². The van der Waals surface area contributed by atoms with E-state index in [1.165, 1.54) is 5.56 Å². The number of piperidine rings is 1. The third kappa shape index (κ3) is 3.87. The van der Waals surface area contributed by atoms with Crippen molar-refractivity contribution in [3.63, 3.8) is 0 Å². The fraction of sp³-hybridized carbons (Fsp3) is 0.600. The molecule has 0 unspecified atom stereocenters. The first-order valence-electron chi connectivity index (χ1n) is 9.30. The Hall–Kier alpha value is -1.88. The van der Waals surface area contributed by atoms with Gasteiger partial charge in [0, 0.05) is 32.1 Å². The predicted molar refractivity (Wildman–Crippen MR) is 96.4 cm³/mol. The van der Waals surface area contributed by atoms with Crippen LogP contribution in [-0.2, 0) is 9.59 Å². The Labute approximate surface area is 149 Å². The number of carboxylic acid groups (broad SMARTS) is 1. The van der Waals surface area contributed by atoms with Gasteiger partial charge in [0.1, 0.15) is 6.04 Å². The van der Waals surface area contributed by atoms with Gasteiger partial charge in [0.05, 0.1) is 0 Å². The van der Waals surface area contributed by atoms with Crippen LogP contribution in [0.15, 0.2) is 18.2 Å². The molecule has 1 aromatic carbocycles. The summed E-state index contributed by atoms with van der Waals surface area (Å²) in [7, 11) is 0. The van der Waals surface area contributed by atoms with Crippen molar-refractivity contribution < 1.29 is 14.7 Å². The van der Waals surface area contributed by atoms with Crippen LogP contribution in [0, 0.1) is 19.8 Å². The summed E-state index contributed by atoms with van der Waals surface area (Å²) >= 11 is 0. The topological polar surface area (TPSA) is 60.9 Å². The van der Waals surface area contributed by atoms with E-state index in [2.05, 4.69) is 0 Å². The Bertz CT molecular complexity index is 644. The van der Waals surface area contributed by atoms with Crippen LogP contribution in [-0.4, -0.2) is 53.0 Å². The molecule has 5 nitrogen and oxygen atoms in total. The Balaban J connectivity index is 1.67. The van der Waals surface area contributed by atoms with Gasteiger partial charge in [-0.25, -0.2) is 0 Å². The quantitative estimate of drug-likeness (QED) is 0.912. The minimum Gasteiger partial charge on any atom is -0.480 e. The lowest BCUT2D eigenvalue weighted by atomic mass is 9.92. The molecule has 25 heavy (non-hydrogen) atoms. The molecule has 2 fully saturated rings. The van der Waals surface area contributed by atoms with Crippen LogP contribution < -0.4 is 0 Å². The van der Waals surface area contributed by atoms with Gasteiger partial charge in [-0.1, -0.05) is 18.2 Å². The first-order chi connectivity index (χ1) is 12.0. The summed E-state index contributed by atoms with van der Waals surface area (Å²) < 4.78 is 0. The minimum absolute atomic E-state index is 0.0588. The second kappa shape index (κ2) is 7.56. The molecule has 3 rings (SSSR count). The van der Waals surface area contributed by atoms with Gasteiger partial charge < -0.3 is 10.0 Å². The third-order valence-corrected chi connectivity index (χ3v) is 5.74. The highest BCUT2D eigenvalue weighted by Gasteiger charge is 2.35. The molecule has 2 aliphatic rings. The van der Waals surface area contributed by atoms with Gasteiger partial charge in [-0.05, 0) is 56.2 Å². The molecule has 1 N–H and O–H groups in total. The predicted octanol–water partition coefficient (Wildman–Crippen LogP) is 2.76. The second-order valence-electron chi connectivity index (χ2n) is 7.43. The fourth-order valence-corrected chi connectivity index (χ4v) is 4.04. The highest BCUT2D eigenvalue weighted by atomic mass is 16.4. The average molecular weight is 344 g/mol. The summed E-state index contributed by atoms with van der Waals surface area (Å²) in [4.78, 5) is 28.5. The zero-order valence-corrected chi connectivity index (χ0v) is 15.2. The first-order valence-corrected chi connectivity index (χ1v) is 9.30. The summed E-state index contributed by atoms with van der Waals surface area (Å²) in [6.45, 7) is 7.14. The number of aliphatic carboxylic acids is 1. The van der Waals surface area contributed by atoms with Gasteiger partial charge >= 0.3 is 5.97 Å². The van der Waals surface area contributed by atoms with E-state index >= 15 is 0 Å². The molecule has 0 bridgehead atoms. The zero-order chi connectivity index (χ0) is 18.0. The van der Waals surface area contributed by atoms with E-state index in [1.807, 2.05) is 41.8 Å². The van der Waals surface area contributed by atoms with Crippen LogP contribution in [0.3, 0.4) is 0 Å². The molecule has 136 valence electrons. The summed E-state index contributed by atoms with van der Waals surface area (Å²) in [5.41, 5.74) is 3.12. The standard InChI is InChI=1S/C20H28N2O3/c1-14-5-6-17(13-15(14)2)18(20(24)25)21-11-7-16(8-12-21)19(23)22-9-3-4-10-22/h5-6,13,16,18H,3-4,7-12H2,1-2H3,(H,24,25)/t18-/m0/s1. The van der Waals surface area contributed by atoms with Crippen LogP contribution in [0.2, 0.25) is 0 Å². The number of nitrogens with zero attached hydrogens (tertiary/aromatic N) is 2. The van der Waals surface area contributed by atoms with Crippen LogP contribution >= 0.6 is 0 Å². The first kappa shape index (κ1) is 17.9. The average Bonchev–Trinajstić information content (AvgIpc) is 3.12. The number of hydrogen-bond donors (Lipinski definition) is 1. The molecule has 0 saturated carbocycles. The number of carbonyl (C=O) groups excluding carboxylic acids is 1. The maximum absolute atomic E-state index is 12.6. The highest BCUT2D eigenvalue weighted by molar-refractivity contribution is 5.79. The lowest BCUT2D eigenvalue weighted by Crippen LogP contribution is -2.44. The normalized spacial score (nSPS) is 20.6. The molecule has 1 atom stereocenters. The number of hydrogen-bond acceptors (Lipinski definition) is 3. The van der Waals surface area contributed by atoms with Crippen molar-refractivity contribution in [3.8, 4) is 0 Å². The van der Waals surface area contributed by atoms with Crippen molar-refractivity contribution in [2.45, 2.75) is 45.6 Å². The zero-order valence-electron chi connectivity index (χ0n) is 15.2. The number of rotatable bonds is 4. The number of aryl methyl sites for hydroxylation is 2. The highest BCUT2D eigenvalue weighted by Crippen LogP contribution is 2.29. The van der Waals surface area contributed by atoms with Crippen LogP contribution in [0.5, 0.6) is 0 Å². The second-order valence-corrected chi connectivity index (χ2v) is 7.43. The molecular formula is C20H28N2O3. The minimum atomic E-state index is -0.812. The monoisotopic (exact) mass is 344 g/mol. The van der Waals surface area contributed by atoms with Crippen molar-refractivity contribution in [2.24, 2.45) is 5.92 Å². The number of carbonyl (C=O) groups is 2. The molecule has 5 heteroatoms. The lowest BCUT2D eigenvalue weighted by molar-refractivity contribution is -0.144. The molecule has 0 radical (unpaired) electrons. The molecular weight excluding hydrogens is 316 g/mol. The molecule has 2 saturated heterocycles. The Morgan fingerprint density at radius 3 is 2.24 bits per heavy atom. The summed E-state index contributed by atoms with van der Waals surface area (Å²) in [5.74, 6) is -0.480. The van der Waals surface area contributed by atoms with E-state index in [-0.39, 0.29) is 11.8 Å². The maximum Gasteiger partial charge on any atom is 0.325 e. The van der Waals surface area contributed by atoms with E-state index in [4.69, 9.17) is 0 Å². The van der Waals surface area contributed by atoms with E-state index < -0.39 is 12.0 Å². The van der Waals surface area contributed by atoms with Gasteiger partial charge in [0.2, 0.25) is 5.91 Å². The Morgan fingerprint density at radius 2 is 1.68 bits per heavy atom.